The Bertz CT molecular complexity index is 2840. The van der Waals surface area contributed by atoms with E-state index in [1.807, 2.05) is 5.32 Å². The van der Waals surface area contributed by atoms with Gasteiger partial charge in [-0.15, -0.1) is 0 Å². The number of rotatable bonds is 44. The van der Waals surface area contributed by atoms with Gasteiger partial charge in [-0.05, 0) is 78.6 Å². The third kappa shape index (κ3) is 34.0. The Kier molecular flexibility index (Phi) is 38.4. The van der Waals surface area contributed by atoms with Crippen molar-refractivity contribution in [2.24, 2.45) is 23.5 Å². The van der Waals surface area contributed by atoms with Gasteiger partial charge in [-0.2, -0.15) is 0 Å². The van der Waals surface area contributed by atoms with Gasteiger partial charge in [0.1, 0.15) is 66.5 Å². The highest BCUT2D eigenvalue weighted by atomic mass is 16.4. The van der Waals surface area contributed by atoms with Crippen LogP contribution in [0.2, 0.25) is 0 Å². The first-order chi connectivity index (χ1) is 44.8. The summed E-state index contributed by atoms with van der Waals surface area (Å²) in [7, 11) is 0. The topological polar surface area (TPSA) is 643 Å². The molecule has 97 heavy (non-hydrogen) atoms. The summed E-state index contributed by atoms with van der Waals surface area (Å²) in [6.07, 6.45) is -7.96. The maximum atomic E-state index is 13.5. The molecule has 0 saturated carbocycles. The molecule has 0 bridgehead atoms. The zero-order valence-corrected chi connectivity index (χ0v) is 55.8. The molecule has 0 saturated heterocycles. The lowest BCUT2D eigenvalue weighted by molar-refractivity contribution is -0.145. The van der Waals surface area contributed by atoms with Gasteiger partial charge >= 0.3 is 23.9 Å². The van der Waals surface area contributed by atoms with Crippen LogP contribution in [-0.2, 0) is 86.3 Å². The van der Waals surface area contributed by atoms with E-state index in [1.54, 1.807) is 41.5 Å². The molecule has 15 atom stereocenters. The SMILES string of the molecule is CC(C)C[C@H](NC(=O)CNC(=O)[C@@H](NC(=O)[C@H](C)NC(=O)C[C@@H](NC(=O)[C@H](CC(C)C)NC(=O)CNC(=O)[C@@H](NC(=O)[C@H](C)NC(=O)C[C@@H](NC(=O)[C@H](CC(C)C)NC(=O)CN)C(=O)O)[C@@H](C)O)C(=O)O)[C@@H](C)O)C(=O)N[C@H](CC(=O)N[C@@H](C)C(=O)N[C@H](C(=O)O)[C@@H](C)O)C(=O)O. The molecule has 0 spiro atoms. The maximum absolute atomic E-state index is 13.5. The molecular weight excluding hydrogens is 1290 g/mol. The van der Waals surface area contributed by atoms with Crippen molar-refractivity contribution in [3.63, 3.8) is 0 Å². The van der Waals surface area contributed by atoms with Crippen LogP contribution < -0.4 is 80.2 Å². The molecule has 0 heterocycles. The molecule has 0 rings (SSSR count). The van der Waals surface area contributed by atoms with Crippen LogP contribution >= 0.6 is 0 Å². The van der Waals surface area contributed by atoms with E-state index in [0.29, 0.717) is 0 Å². The molecule has 0 aliphatic rings. The second-order valence-electron chi connectivity index (χ2n) is 24.1. The van der Waals surface area contributed by atoms with Crippen LogP contribution in [0.1, 0.15) is 122 Å². The van der Waals surface area contributed by atoms with Gasteiger partial charge in [0.05, 0.1) is 57.2 Å². The molecule has 40 heteroatoms. The van der Waals surface area contributed by atoms with Crippen molar-refractivity contribution in [1.82, 2.24) is 74.4 Å². The number of nitrogens with two attached hydrogens (primary N) is 1. The van der Waals surface area contributed by atoms with Crippen LogP contribution in [0.25, 0.3) is 0 Å². The van der Waals surface area contributed by atoms with E-state index in [-0.39, 0.29) is 37.0 Å². The third-order valence-corrected chi connectivity index (χ3v) is 13.6. The van der Waals surface area contributed by atoms with Crippen LogP contribution in [0.5, 0.6) is 0 Å². The summed E-state index contributed by atoms with van der Waals surface area (Å²) in [4.78, 5) is 230. The number of carboxylic acid groups (broad SMARTS) is 4. The molecule has 14 amide bonds. The minimum Gasteiger partial charge on any atom is -0.480 e. The molecule has 0 unspecified atom stereocenters. The lowest BCUT2D eigenvalue weighted by atomic mass is 10.0. The number of carbonyl (C=O) groups is 18. The molecule has 0 aromatic carbocycles. The first-order valence-corrected chi connectivity index (χ1v) is 30.6. The molecule has 0 aromatic heterocycles. The summed E-state index contributed by atoms with van der Waals surface area (Å²) < 4.78 is 0. The monoisotopic (exact) mass is 1390 g/mol. The molecule has 0 radical (unpaired) electrons. The Morgan fingerprint density at radius 1 is 0.278 bits per heavy atom. The van der Waals surface area contributed by atoms with Gasteiger partial charge in [0.25, 0.3) is 0 Å². The van der Waals surface area contributed by atoms with Gasteiger partial charge in [0.2, 0.25) is 82.7 Å². The molecule has 40 nitrogen and oxygen atoms in total. The standard InChI is InChI=1S/C57H95N15O25/c1-22(2)13-31(64-40(79)19-58)49(85)67-34(54(90)91)16-37(76)61-25(7)46(82)70-43(28(10)73)52(88)59-20-41(80)65-32(14-23(3)4)50(86)68-35(55(92)93)17-38(77)62-26(8)47(83)71-44(29(11)74)53(89)60-21-42(81)66-33(15-24(5)6)51(87)69-36(56(94)95)18-39(78)63-27(9)48(84)72-45(30(12)75)57(96)97/h22-36,43-45,73-75H,13-21,58H2,1-12H3,(H,59,88)(H,60,89)(H,61,76)(H,62,77)(H,63,78)(H,64,79)(H,65,80)(H,66,81)(H,67,85)(H,68,86)(H,69,87)(H,70,82)(H,71,83)(H,72,84)(H,90,91)(H,92,93)(H,94,95)(H,96,97)/t25-,26-,27-,28+,29+,30+,31-,32-,33-,34+,35+,36+,43-,44-,45-/m0/s1. The number of nitrogens with one attached hydrogen (secondary N) is 14. The second kappa shape index (κ2) is 42.7. The van der Waals surface area contributed by atoms with Crippen LogP contribution in [0.15, 0.2) is 0 Å². The fourth-order valence-electron chi connectivity index (χ4n) is 8.51. The summed E-state index contributed by atoms with van der Waals surface area (Å²) in [6.45, 7) is 14.2. The minimum atomic E-state index is -2.02. The zero-order valence-electron chi connectivity index (χ0n) is 55.8. The average Bonchev–Trinajstić information content (AvgIpc) is 0.937. The van der Waals surface area contributed by atoms with Crippen molar-refractivity contribution in [3.8, 4) is 0 Å². The fraction of sp³-hybridized carbons (Fsp3) is 0.684. The van der Waals surface area contributed by atoms with Crippen LogP contribution in [0, 0.1) is 17.8 Å². The Balaban J connectivity index is 5.77. The highest BCUT2D eigenvalue weighted by Gasteiger charge is 2.37. The summed E-state index contributed by atoms with van der Waals surface area (Å²) in [5.74, 6) is -22.5. The number of hydrogen-bond acceptors (Lipinski definition) is 22. The normalized spacial score (nSPS) is 15.7. The maximum Gasteiger partial charge on any atom is 0.328 e. The van der Waals surface area contributed by atoms with Crippen LogP contribution in [0.3, 0.4) is 0 Å². The molecule has 23 N–H and O–H groups in total. The molecule has 548 valence electrons. The lowest BCUT2D eigenvalue weighted by Gasteiger charge is -2.25. The fourth-order valence-corrected chi connectivity index (χ4v) is 8.51. The van der Waals surface area contributed by atoms with Crippen molar-refractivity contribution >= 4 is 107 Å². The second-order valence-corrected chi connectivity index (χ2v) is 24.1. The highest BCUT2D eigenvalue weighted by molar-refractivity contribution is 5.99. The van der Waals surface area contributed by atoms with E-state index in [1.165, 1.54) is 0 Å². The highest BCUT2D eigenvalue weighted by Crippen LogP contribution is 2.11. The van der Waals surface area contributed by atoms with Gasteiger partial charge in [0.15, 0.2) is 6.04 Å². The molecule has 0 aliphatic carbocycles. The van der Waals surface area contributed by atoms with Crippen molar-refractivity contribution in [1.29, 1.82) is 0 Å². The zero-order chi connectivity index (χ0) is 75.0. The van der Waals surface area contributed by atoms with E-state index in [9.17, 15) is 122 Å². The number of aliphatic hydroxyl groups excluding tert-OH is 3. The molecule has 0 aliphatic heterocycles. The third-order valence-electron chi connectivity index (χ3n) is 13.6. The smallest absolute Gasteiger partial charge is 0.328 e. The summed E-state index contributed by atoms with van der Waals surface area (Å²) >= 11 is 0. The predicted octanol–water partition coefficient (Wildman–Crippen LogP) is -9.16. The largest absolute Gasteiger partial charge is 0.480 e. The van der Waals surface area contributed by atoms with Gasteiger partial charge in [-0.3, -0.25) is 67.1 Å². The van der Waals surface area contributed by atoms with Gasteiger partial charge in [-0.25, -0.2) is 19.2 Å². The van der Waals surface area contributed by atoms with E-state index >= 15 is 0 Å². The summed E-state index contributed by atoms with van der Waals surface area (Å²) in [5, 5.41) is 99.7. The van der Waals surface area contributed by atoms with Gasteiger partial charge < -0.3 is 116 Å². The molecule has 0 aromatic rings. The van der Waals surface area contributed by atoms with Crippen LogP contribution in [-0.4, -0.2) is 253 Å². The predicted molar refractivity (Wildman–Crippen MR) is 333 cm³/mol. The lowest BCUT2D eigenvalue weighted by Crippen LogP contribution is -2.59. The number of carboxylic acids is 4. The van der Waals surface area contributed by atoms with Gasteiger partial charge in [0, 0.05) is 0 Å². The van der Waals surface area contributed by atoms with Gasteiger partial charge in [-0.1, -0.05) is 41.5 Å². The van der Waals surface area contributed by atoms with Crippen molar-refractivity contribution < 1.29 is 122 Å². The Hall–Kier alpha value is -9.70. The van der Waals surface area contributed by atoms with Crippen molar-refractivity contribution in [2.45, 2.75) is 212 Å². The van der Waals surface area contributed by atoms with E-state index in [2.05, 4.69) is 69.1 Å². The summed E-state index contributed by atoms with van der Waals surface area (Å²) in [5.41, 5.74) is 5.32. The Morgan fingerprint density at radius 2 is 0.526 bits per heavy atom. The molecular formula is C57H95N15O25. The van der Waals surface area contributed by atoms with E-state index < -0.39 is 236 Å². The first kappa shape index (κ1) is 87.3. The quantitative estimate of drug-likeness (QED) is 0.0269. The molecule has 0 fully saturated rings. The summed E-state index contributed by atoms with van der Waals surface area (Å²) in [6, 6.07) is -19.9. The van der Waals surface area contributed by atoms with E-state index in [4.69, 9.17) is 5.73 Å². The van der Waals surface area contributed by atoms with E-state index in [0.717, 1.165) is 41.5 Å². The number of hydrogen-bond donors (Lipinski definition) is 22. The van der Waals surface area contributed by atoms with Crippen molar-refractivity contribution in [2.75, 3.05) is 19.6 Å². The van der Waals surface area contributed by atoms with Crippen molar-refractivity contribution in [3.05, 3.63) is 0 Å². The number of carbonyl (C=O) groups excluding carboxylic acids is 14. The number of aliphatic hydroxyl groups is 3. The van der Waals surface area contributed by atoms with Crippen LogP contribution in [0.4, 0.5) is 0 Å². The Labute approximate surface area is 557 Å². The number of aliphatic carboxylic acids is 4. The Morgan fingerprint density at radius 3 is 0.742 bits per heavy atom. The number of amides is 14. The minimum absolute atomic E-state index is 0.0865. The first-order valence-electron chi connectivity index (χ1n) is 30.6. The average molecular weight is 1390 g/mol.